The number of carbonyl (C=O) groups excluding carboxylic acids is 1. The van der Waals surface area contributed by atoms with E-state index in [2.05, 4.69) is 15.6 Å². The van der Waals surface area contributed by atoms with Gasteiger partial charge in [-0.25, -0.2) is 4.39 Å². The third kappa shape index (κ3) is 6.94. The average Bonchev–Trinajstić information content (AvgIpc) is 3.26. The van der Waals surface area contributed by atoms with E-state index in [1.807, 2.05) is 36.2 Å². The van der Waals surface area contributed by atoms with Gasteiger partial charge in [-0.05, 0) is 48.2 Å². The minimum absolute atomic E-state index is 0. The summed E-state index contributed by atoms with van der Waals surface area (Å²) in [7, 11) is 3.65. The zero-order valence-electron chi connectivity index (χ0n) is 17.2. The van der Waals surface area contributed by atoms with Crippen LogP contribution in [0, 0.1) is 5.82 Å². The fourth-order valence-electron chi connectivity index (χ4n) is 3.27. The Bertz CT molecular complexity index is 854. The van der Waals surface area contributed by atoms with E-state index in [0.717, 1.165) is 35.6 Å². The van der Waals surface area contributed by atoms with Gasteiger partial charge in [-0.1, -0.05) is 24.3 Å². The first-order valence-electron chi connectivity index (χ1n) is 9.73. The van der Waals surface area contributed by atoms with Crippen molar-refractivity contribution in [2.24, 2.45) is 4.99 Å². The summed E-state index contributed by atoms with van der Waals surface area (Å²) in [5.41, 5.74) is 2.77. The third-order valence-corrected chi connectivity index (χ3v) is 4.77. The van der Waals surface area contributed by atoms with Crippen molar-refractivity contribution in [3.05, 3.63) is 65.5 Å². The minimum atomic E-state index is -0.351. The van der Waals surface area contributed by atoms with Crippen LogP contribution in [0.2, 0.25) is 0 Å². The maximum atomic E-state index is 13.1. The Morgan fingerprint density at radius 3 is 2.67 bits per heavy atom. The number of guanidine groups is 1. The van der Waals surface area contributed by atoms with E-state index >= 15 is 0 Å². The second-order valence-electron chi connectivity index (χ2n) is 7.07. The molecule has 2 aromatic carbocycles. The molecule has 2 N–H and O–H groups in total. The minimum Gasteiger partial charge on any atom is -0.368 e. The summed E-state index contributed by atoms with van der Waals surface area (Å²) < 4.78 is 18.5. The lowest BCUT2D eigenvalue weighted by Crippen LogP contribution is -2.38. The van der Waals surface area contributed by atoms with E-state index < -0.39 is 0 Å². The predicted octanol–water partition coefficient (Wildman–Crippen LogP) is 3.77. The molecule has 162 valence electrons. The number of nitrogens with zero attached hydrogens (tertiary/aromatic N) is 2. The summed E-state index contributed by atoms with van der Waals surface area (Å²) in [6, 6.07) is 14.1. The van der Waals surface area contributed by atoms with Crippen molar-refractivity contribution in [3.8, 4) is 0 Å². The van der Waals surface area contributed by atoms with Gasteiger partial charge < -0.3 is 20.3 Å². The lowest BCUT2D eigenvalue weighted by Gasteiger charge is -2.22. The molecule has 1 atom stereocenters. The molecule has 30 heavy (non-hydrogen) atoms. The van der Waals surface area contributed by atoms with Gasteiger partial charge in [0.2, 0.25) is 0 Å². The molecule has 6 nitrogen and oxygen atoms in total. The highest BCUT2D eigenvalue weighted by atomic mass is 127. The van der Waals surface area contributed by atoms with Crippen molar-refractivity contribution < 1.29 is 13.9 Å². The summed E-state index contributed by atoms with van der Waals surface area (Å²) in [6.07, 6.45) is 1.34. The van der Waals surface area contributed by atoms with E-state index in [0.29, 0.717) is 19.7 Å². The maximum absolute atomic E-state index is 13.1. The Morgan fingerprint density at radius 2 is 2.00 bits per heavy atom. The number of amides is 1. The zero-order valence-corrected chi connectivity index (χ0v) is 19.6. The molecule has 1 fully saturated rings. The van der Waals surface area contributed by atoms with Gasteiger partial charge in [0.05, 0.1) is 0 Å². The number of halogens is 2. The predicted molar refractivity (Wildman–Crippen MR) is 128 cm³/mol. The van der Waals surface area contributed by atoms with Crippen LogP contribution in [0.3, 0.4) is 0 Å². The highest BCUT2D eigenvalue weighted by molar-refractivity contribution is 14.0. The van der Waals surface area contributed by atoms with Crippen molar-refractivity contribution >= 4 is 41.5 Å². The number of anilines is 1. The molecular formula is C22H28FIN4O2. The molecule has 1 aliphatic heterocycles. The summed E-state index contributed by atoms with van der Waals surface area (Å²) in [5.74, 6) is 0.385. The van der Waals surface area contributed by atoms with Crippen molar-refractivity contribution in [1.29, 1.82) is 0 Å². The molecule has 0 bridgehead atoms. The van der Waals surface area contributed by atoms with E-state index in [-0.39, 0.29) is 41.8 Å². The molecule has 3 rings (SSSR count). The molecule has 0 aliphatic carbocycles. The first-order chi connectivity index (χ1) is 14.0. The van der Waals surface area contributed by atoms with Crippen LogP contribution >= 0.6 is 24.0 Å². The Hall–Kier alpha value is -2.20. The Balaban J connectivity index is 0.00000320. The van der Waals surface area contributed by atoms with Crippen molar-refractivity contribution in [2.45, 2.75) is 32.0 Å². The summed E-state index contributed by atoms with van der Waals surface area (Å²) in [4.78, 5) is 18.5. The van der Waals surface area contributed by atoms with Crippen LogP contribution in [-0.2, 0) is 22.6 Å². The Morgan fingerprint density at radius 1 is 1.23 bits per heavy atom. The first-order valence-corrected chi connectivity index (χ1v) is 9.73. The normalized spacial score (nSPS) is 16.0. The van der Waals surface area contributed by atoms with Gasteiger partial charge in [-0.15, -0.1) is 24.0 Å². The van der Waals surface area contributed by atoms with Crippen LogP contribution in [0.25, 0.3) is 0 Å². The molecule has 1 heterocycles. The van der Waals surface area contributed by atoms with Gasteiger partial charge in [0.25, 0.3) is 5.91 Å². The number of aliphatic imine (C=N–C) groups is 1. The van der Waals surface area contributed by atoms with Crippen molar-refractivity contribution in [3.63, 3.8) is 0 Å². The maximum Gasteiger partial charge on any atom is 0.253 e. The van der Waals surface area contributed by atoms with E-state index in [1.54, 1.807) is 19.2 Å². The quantitative estimate of drug-likeness (QED) is 0.342. The molecular weight excluding hydrogens is 498 g/mol. The van der Waals surface area contributed by atoms with Crippen molar-refractivity contribution in [2.75, 3.05) is 26.0 Å². The van der Waals surface area contributed by atoms with Gasteiger partial charge in [0.1, 0.15) is 11.9 Å². The second kappa shape index (κ2) is 11.8. The lowest BCUT2D eigenvalue weighted by molar-refractivity contribution is -0.124. The topological polar surface area (TPSA) is 66.0 Å². The first kappa shape index (κ1) is 24.1. The van der Waals surface area contributed by atoms with Gasteiger partial charge >= 0.3 is 0 Å². The van der Waals surface area contributed by atoms with Gasteiger partial charge in [-0.2, -0.15) is 0 Å². The fourth-order valence-corrected chi connectivity index (χ4v) is 3.27. The molecule has 0 spiro atoms. The van der Waals surface area contributed by atoms with Crippen LogP contribution in [0.1, 0.15) is 24.0 Å². The number of hydrogen-bond donors (Lipinski definition) is 2. The molecule has 0 aromatic heterocycles. The summed E-state index contributed by atoms with van der Waals surface area (Å²) in [5, 5.41) is 6.24. The van der Waals surface area contributed by atoms with Crippen LogP contribution in [0.4, 0.5) is 10.1 Å². The largest absolute Gasteiger partial charge is 0.368 e. The third-order valence-electron chi connectivity index (χ3n) is 4.77. The van der Waals surface area contributed by atoms with Crippen LogP contribution < -0.4 is 10.6 Å². The molecule has 8 heteroatoms. The number of rotatable bonds is 6. The van der Waals surface area contributed by atoms with Gasteiger partial charge in [0, 0.05) is 39.5 Å². The van der Waals surface area contributed by atoms with E-state index in [1.165, 1.54) is 12.1 Å². The molecule has 1 unspecified atom stereocenters. The molecule has 0 saturated carbocycles. The highest BCUT2D eigenvalue weighted by Crippen LogP contribution is 2.16. The van der Waals surface area contributed by atoms with E-state index in [9.17, 15) is 9.18 Å². The van der Waals surface area contributed by atoms with Crippen LogP contribution in [0.5, 0.6) is 0 Å². The van der Waals surface area contributed by atoms with Crippen molar-refractivity contribution in [1.82, 2.24) is 10.2 Å². The highest BCUT2D eigenvalue weighted by Gasteiger charge is 2.23. The van der Waals surface area contributed by atoms with Crippen LogP contribution in [0.15, 0.2) is 53.5 Å². The SMILES string of the molecule is CN=C(NCc1cccc(NC(=O)C2CCCO2)c1)N(C)Cc1ccc(F)cc1.I. The van der Waals surface area contributed by atoms with Crippen LogP contribution in [-0.4, -0.2) is 43.6 Å². The number of benzene rings is 2. The number of hydrogen-bond acceptors (Lipinski definition) is 3. The molecule has 1 saturated heterocycles. The Labute approximate surface area is 193 Å². The monoisotopic (exact) mass is 526 g/mol. The number of ether oxygens (including phenoxy) is 1. The molecule has 0 radical (unpaired) electrons. The second-order valence-corrected chi connectivity index (χ2v) is 7.07. The van der Waals surface area contributed by atoms with Gasteiger partial charge in [-0.3, -0.25) is 9.79 Å². The Kier molecular flexibility index (Phi) is 9.51. The average molecular weight is 526 g/mol. The number of carbonyl (C=O) groups is 1. The zero-order chi connectivity index (χ0) is 20.6. The van der Waals surface area contributed by atoms with Gasteiger partial charge in [0.15, 0.2) is 5.96 Å². The lowest BCUT2D eigenvalue weighted by atomic mass is 10.2. The summed E-state index contributed by atoms with van der Waals surface area (Å²) in [6.45, 7) is 1.81. The molecule has 2 aromatic rings. The molecule has 1 amide bonds. The smallest absolute Gasteiger partial charge is 0.253 e. The molecule has 1 aliphatic rings. The number of nitrogens with one attached hydrogen (secondary N) is 2. The standard InChI is InChI=1S/C22H27FN4O2.HI/c1-24-22(27(2)15-16-8-10-18(23)11-9-16)25-14-17-5-3-6-19(13-17)26-21(28)20-7-4-12-29-20;/h3,5-6,8-11,13,20H,4,7,12,14-15H2,1-2H3,(H,24,25)(H,26,28);1H. The summed E-state index contributed by atoms with van der Waals surface area (Å²) >= 11 is 0. The van der Waals surface area contributed by atoms with E-state index in [4.69, 9.17) is 4.74 Å². The fraction of sp³-hybridized carbons (Fsp3) is 0.364.